The fraction of sp³-hybridized carbons (Fsp3) is 0.0435. The summed E-state index contributed by atoms with van der Waals surface area (Å²) < 4.78 is 14.3. The fourth-order valence-electron chi connectivity index (χ4n) is 3.56. The highest BCUT2D eigenvalue weighted by molar-refractivity contribution is 6.51. The number of rotatable bonds is 3. The Labute approximate surface area is 187 Å². The average molecular weight is 457 g/mol. The summed E-state index contributed by atoms with van der Waals surface area (Å²) in [7, 11) is 0. The predicted molar refractivity (Wildman–Crippen MR) is 118 cm³/mol. The molecule has 0 radical (unpaired) electrons. The molecule has 1 aliphatic rings. The molecule has 5 nitrogen and oxygen atoms in total. The van der Waals surface area contributed by atoms with Gasteiger partial charge in [-0.05, 0) is 48.0 Å². The molecule has 0 aliphatic carbocycles. The summed E-state index contributed by atoms with van der Waals surface area (Å²) in [6.07, 6.45) is 0. The highest BCUT2D eigenvalue weighted by Crippen LogP contribution is 2.43. The molecule has 3 N–H and O–H groups in total. The van der Waals surface area contributed by atoms with Crippen molar-refractivity contribution in [2.24, 2.45) is 0 Å². The van der Waals surface area contributed by atoms with E-state index in [0.717, 1.165) is 6.07 Å². The SMILES string of the molecule is Nc1cccc(C(O)=C2C(=O)C(=O)N(c3cccc(Cl)c3)C2c2ccc(Cl)c(F)c2)c1. The van der Waals surface area contributed by atoms with Crippen LogP contribution in [0.25, 0.3) is 5.76 Å². The number of anilines is 2. The van der Waals surface area contributed by atoms with Gasteiger partial charge in [0.1, 0.15) is 11.6 Å². The van der Waals surface area contributed by atoms with E-state index in [1.165, 1.54) is 29.2 Å². The summed E-state index contributed by atoms with van der Waals surface area (Å²) in [5.74, 6) is -2.94. The van der Waals surface area contributed by atoms with Crippen molar-refractivity contribution < 1.29 is 19.1 Å². The summed E-state index contributed by atoms with van der Waals surface area (Å²) in [6, 6.07) is 15.4. The highest BCUT2D eigenvalue weighted by Gasteiger charge is 2.47. The molecule has 1 amide bonds. The molecule has 1 fully saturated rings. The number of aliphatic hydroxyl groups is 1. The molecule has 1 unspecified atom stereocenters. The van der Waals surface area contributed by atoms with Crippen molar-refractivity contribution >= 4 is 52.0 Å². The van der Waals surface area contributed by atoms with Crippen molar-refractivity contribution in [2.45, 2.75) is 6.04 Å². The topological polar surface area (TPSA) is 83.6 Å². The molecule has 1 heterocycles. The molecule has 1 saturated heterocycles. The van der Waals surface area contributed by atoms with Crippen molar-refractivity contribution in [1.82, 2.24) is 0 Å². The number of halogens is 3. The van der Waals surface area contributed by atoms with Gasteiger partial charge in [-0.1, -0.05) is 47.5 Å². The first-order valence-corrected chi connectivity index (χ1v) is 9.91. The van der Waals surface area contributed by atoms with E-state index < -0.39 is 29.3 Å². The Morgan fingerprint density at radius 2 is 1.74 bits per heavy atom. The number of benzene rings is 3. The predicted octanol–water partition coefficient (Wildman–Crippen LogP) is 5.34. The van der Waals surface area contributed by atoms with Gasteiger partial charge in [-0.15, -0.1) is 0 Å². The van der Waals surface area contributed by atoms with E-state index in [4.69, 9.17) is 28.9 Å². The maximum atomic E-state index is 14.3. The van der Waals surface area contributed by atoms with Gasteiger partial charge in [0.25, 0.3) is 11.7 Å². The van der Waals surface area contributed by atoms with Crippen LogP contribution in [0.1, 0.15) is 17.2 Å². The van der Waals surface area contributed by atoms with E-state index in [9.17, 15) is 19.1 Å². The van der Waals surface area contributed by atoms with Crippen LogP contribution in [-0.4, -0.2) is 16.8 Å². The van der Waals surface area contributed by atoms with Crippen LogP contribution in [0.2, 0.25) is 10.0 Å². The lowest BCUT2D eigenvalue weighted by atomic mass is 9.95. The van der Waals surface area contributed by atoms with Gasteiger partial charge in [0.15, 0.2) is 0 Å². The van der Waals surface area contributed by atoms with Crippen LogP contribution in [0.4, 0.5) is 15.8 Å². The van der Waals surface area contributed by atoms with Gasteiger partial charge < -0.3 is 10.8 Å². The average Bonchev–Trinajstić information content (AvgIpc) is 3.00. The lowest BCUT2D eigenvalue weighted by Gasteiger charge is -2.25. The van der Waals surface area contributed by atoms with Gasteiger partial charge in [0.05, 0.1) is 16.6 Å². The Morgan fingerprint density at radius 1 is 1.00 bits per heavy atom. The monoisotopic (exact) mass is 456 g/mol. The minimum absolute atomic E-state index is 0.112. The third-order valence-corrected chi connectivity index (χ3v) is 5.49. The summed E-state index contributed by atoms with van der Waals surface area (Å²) in [5, 5.41) is 11.2. The van der Waals surface area contributed by atoms with Crippen molar-refractivity contribution in [3.05, 3.63) is 99.3 Å². The Balaban J connectivity index is 1.98. The normalized spacial score (nSPS) is 17.9. The van der Waals surface area contributed by atoms with Gasteiger partial charge in [-0.2, -0.15) is 0 Å². The van der Waals surface area contributed by atoms with Crippen molar-refractivity contribution in [3.8, 4) is 0 Å². The van der Waals surface area contributed by atoms with Crippen molar-refractivity contribution in [2.75, 3.05) is 10.6 Å². The summed E-state index contributed by atoms with van der Waals surface area (Å²) >= 11 is 11.9. The van der Waals surface area contributed by atoms with Crippen molar-refractivity contribution in [1.29, 1.82) is 0 Å². The third kappa shape index (κ3) is 3.76. The molecule has 0 saturated carbocycles. The fourth-order valence-corrected chi connectivity index (χ4v) is 3.87. The molecule has 0 bridgehead atoms. The molecule has 0 aromatic heterocycles. The molecule has 3 aromatic rings. The smallest absolute Gasteiger partial charge is 0.300 e. The molecule has 8 heteroatoms. The first-order valence-electron chi connectivity index (χ1n) is 9.15. The summed E-state index contributed by atoms with van der Waals surface area (Å²) in [6.45, 7) is 0. The van der Waals surface area contributed by atoms with Gasteiger partial charge in [0, 0.05) is 22.0 Å². The standard InChI is InChI=1S/C23H15Cl2FN2O3/c24-14-4-2-6-16(11-14)28-20(12-7-8-17(25)18(26)10-12)19(22(30)23(28)31)21(29)13-3-1-5-15(27)9-13/h1-11,20,29H,27H2. The van der Waals surface area contributed by atoms with Gasteiger partial charge in [-0.25, -0.2) is 4.39 Å². The molecule has 156 valence electrons. The number of carbonyl (C=O) groups excluding carboxylic acids is 2. The van der Waals surface area contributed by atoms with Crippen LogP contribution in [0.5, 0.6) is 0 Å². The van der Waals surface area contributed by atoms with E-state index in [1.54, 1.807) is 36.4 Å². The van der Waals surface area contributed by atoms with Crippen molar-refractivity contribution in [3.63, 3.8) is 0 Å². The maximum Gasteiger partial charge on any atom is 0.300 e. The number of hydrogen-bond donors (Lipinski definition) is 2. The quantitative estimate of drug-likeness (QED) is 0.241. The van der Waals surface area contributed by atoms with Crippen LogP contribution in [-0.2, 0) is 9.59 Å². The lowest BCUT2D eigenvalue weighted by Crippen LogP contribution is -2.29. The first kappa shape index (κ1) is 20.9. The van der Waals surface area contributed by atoms with E-state index in [1.807, 2.05) is 0 Å². The molecule has 1 aliphatic heterocycles. The Bertz CT molecular complexity index is 1260. The van der Waals surface area contributed by atoms with Crippen LogP contribution >= 0.6 is 23.2 Å². The zero-order valence-electron chi connectivity index (χ0n) is 15.9. The van der Waals surface area contributed by atoms with Crippen LogP contribution in [0.15, 0.2) is 72.3 Å². The Kier molecular flexibility index (Phi) is 5.43. The summed E-state index contributed by atoms with van der Waals surface area (Å²) in [4.78, 5) is 27.2. The maximum absolute atomic E-state index is 14.3. The Morgan fingerprint density at radius 3 is 2.42 bits per heavy atom. The number of Topliss-reactive ketones (excluding diaryl/α,β-unsaturated/α-hetero) is 1. The van der Waals surface area contributed by atoms with Crippen LogP contribution in [0, 0.1) is 5.82 Å². The van der Waals surface area contributed by atoms with E-state index >= 15 is 0 Å². The molecule has 4 rings (SSSR count). The zero-order chi connectivity index (χ0) is 22.3. The second-order valence-electron chi connectivity index (χ2n) is 6.95. The van der Waals surface area contributed by atoms with Gasteiger partial charge in [0.2, 0.25) is 0 Å². The summed E-state index contributed by atoms with van der Waals surface area (Å²) in [5.41, 5.74) is 6.80. The van der Waals surface area contributed by atoms with Crippen LogP contribution in [0.3, 0.4) is 0 Å². The zero-order valence-corrected chi connectivity index (χ0v) is 17.4. The Hall–Kier alpha value is -3.35. The highest BCUT2D eigenvalue weighted by atomic mass is 35.5. The number of amides is 1. The number of nitrogen functional groups attached to an aromatic ring is 1. The molecule has 0 spiro atoms. The third-order valence-electron chi connectivity index (χ3n) is 4.95. The van der Waals surface area contributed by atoms with E-state index in [-0.39, 0.29) is 21.7 Å². The first-order chi connectivity index (χ1) is 14.8. The van der Waals surface area contributed by atoms with Gasteiger partial charge in [-0.3, -0.25) is 14.5 Å². The molecular formula is C23H15Cl2FN2O3. The van der Waals surface area contributed by atoms with Gasteiger partial charge >= 0.3 is 0 Å². The lowest BCUT2D eigenvalue weighted by molar-refractivity contribution is -0.132. The number of ketones is 1. The van der Waals surface area contributed by atoms with E-state index in [0.29, 0.717) is 16.4 Å². The number of aliphatic hydroxyl groups excluding tert-OH is 1. The number of nitrogens with zero attached hydrogens (tertiary/aromatic N) is 1. The minimum Gasteiger partial charge on any atom is -0.507 e. The second-order valence-corrected chi connectivity index (χ2v) is 7.79. The largest absolute Gasteiger partial charge is 0.507 e. The molecular weight excluding hydrogens is 442 g/mol. The molecule has 1 atom stereocenters. The van der Waals surface area contributed by atoms with E-state index in [2.05, 4.69) is 0 Å². The second kappa shape index (κ2) is 8.06. The molecule has 3 aromatic carbocycles. The number of carbonyl (C=O) groups is 2. The minimum atomic E-state index is -1.10. The van der Waals surface area contributed by atoms with Crippen LogP contribution < -0.4 is 10.6 Å². The number of nitrogens with two attached hydrogens (primary N) is 1. The number of hydrogen-bond acceptors (Lipinski definition) is 4. The molecule has 31 heavy (non-hydrogen) atoms.